The van der Waals surface area contributed by atoms with Crippen LogP contribution in [0.2, 0.25) is 0 Å². The standard InChI is InChI=1S/C16H16F3N3O/c1-2-22(10-16(17,18)19)15(23)12-5-3-11(4-6-12)14-9-13(20)7-8-21-14/h3-9H,2,10H2,1H3,(H2,20,21). The molecule has 0 atom stereocenters. The number of benzene rings is 1. The highest BCUT2D eigenvalue weighted by atomic mass is 19.4. The molecule has 122 valence electrons. The van der Waals surface area contributed by atoms with E-state index in [0.29, 0.717) is 11.4 Å². The molecule has 0 aliphatic rings. The molecule has 0 aliphatic carbocycles. The Morgan fingerprint density at radius 3 is 2.39 bits per heavy atom. The molecule has 0 radical (unpaired) electrons. The lowest BCUT2D eigenvalue weighted by atomic mass is 10.1. The number of carbonyl (C=O) groups excluding carboxylic acids is 1. The summed E-state index contributed by atoms with van der Waals surface area (Å²) in [5.41, 5.74) is 7.79. The first-order valence-electron chi connectivity index (χ1n) is 6.98. The number of anilines is 1. The molecule has 0 fully saturated rings. The van der Waals surface area contributed by atoms with Gasteiger partial charge in [-0.1, -0.05) is 12.1 Å². The number of nitrogens with zero attached hydrogens (tertiary/aromatic N) is 2. The minimum absolute atomic E-state index is 0.0170. The number of nitrogens with two attached hydrogens (primary N) is 1. The molecule has 0 saturated carbocycles. The number of carbonyl (C=O) groups is 1. The summed E-state index contributed by atoms with van der Waals surface area (Å²) in [6.45, 7) is 0.229. The van der Waals surface area contributed by atoms with E-state index in [4.69, 9.17) is 5.73 Å². The van der Waals surface area contributed by atoms with E-state index in [9.17, 15) is 18.0 Å². The monoisotopic (exact) mass is 323 g/mol. The first-order chi connectivity index (χ1) is 10.8. The van der Waals surface area contributed by atoms with E-state index >= 15 is 0 Å². The van der Waals surface area contributed by atoms with Crippen molar-refractivity contribution in [3.05, 3.63) is 48.2 Å². The fourth-order valence-corrected chi connectivity index (χ4v) is 2.11. The van der Waals surface area contributed by atoms with Crippen molar-refractivity contribution >= 4 is 11.6 Å². The Morgan fingerprint density at radius 2 is 1.87 bits per heavy atom. The van der Waals surface area contributed by atoms with Crippen molar-refractivity contribution in [2.24, 2.45) is 0 Å². The van der Waals surface area contributed by atoms with E-state index in [-0.39, 0.29) is 12.1 Å². The maximum absolute atomic E-state index is 12.5. The molecule has 1 amide bonds. The van der Waals surface area contributed by atoms with Gasteiger partial charge in [-0.15, -0.1) is 0 Å². The van der Waals surface area contributed by atoms with Crippen molar-refractivity contribution in [1.29, 1.82) is 0 Å². The smallest absolute Gasteiger partial charge is 0.399 e. The minimum atomic E-state index is -4.42. The van der Waals surface area contributed by atoms with Crippen LogP contribution in [-0.4, -0.2) is 35.1 Å². The SMILES string of the molecule is CCN(CC(F)(F)F)C(=O)c1ccc(-c2cc(N)ccn2)cc1. The quantitative estimate of drug-likeness (QED) is 0.938. The van der Waals surface area contributed by atoms with E-state index in [1.54, 1.807) is 30.5 Å². The molecule has 1 aromatic heterocycles. The lowest BCUT2D eigenvalue weighted by molar-refractivity contribution is -0.140. The number of nitrogen functional groups attached to an aromatic ring is 1. The minimum Gasteiger partial charge on any atom is -0.399 e. The molecule has 0 bridgehead atoms. The van der Waals surface area contributed by atoms with Gasteiger partial charge in [-0.05, 0) is 31.2 Å². The van der Waals surface area contributed by atoms with Gasteiger partial charge < -0.3 is 10.6 Å². The molecular formula is C16H16F3N3O. The van der Waals surface area contributed by atoms with Crippen molar-refractivity contribution in [3.63, 3.8) is 0 Å². The van der Waals surface area contributed by atoms with E-state index in [1.165, 1.54) is 19.1 Å². The predicted molar refractivity (Wildman–Crippen MR) is 81.7 cm³/mol. The second-order valence-corrected chi connectivity index (χ2v) is 4.99. The third-order valence-corrected chi connectivity index (χ3v) is 3.25. The zero-order valence-electron chi connectivity index (χ0n) is 12.5. The Morgan fingerprint density at radius 1 is 1.22 bits per heavy atom. The fraction of sp³-hybridized carbons (Fsp3) is 0.250. The molecule has 0 aliphatic heterocycles. The van der Waals surface area contributed by atoms with Gasteiger partial charge in [0, 0.05) is 29.6 Å². The maximum atomic E-state index is 12.5. The highest BCUT2D eigenvalue weighted by molar-refractivity contribution is 5.94. The van der Waals surface area contributed by atoms with Gasteiger partial charge in [0.25, 0.3) is 5.91 Å². The molecule has 2 rings (SSSR count). The van der Waals surface area contributed by atoms with Crippen molar-refractivity contribution in [3.8, 4) is 11.3 Å². The Hall–Kier alpha value is -2.57. The van der Waals surface area contributed by atoms with Crippen LogP contribution in [0.15, 0.2) is 42.6 Å². The van der Waals surface area contributed by atoms with Gasteiger partial charge in [0.2, 0.25) is 0 Å². The Labute approximate surface area is 131 Å². The lowest BCUT2D eigenvalue weighted by Crippen LogP contribution is -2.38. The van der Waals surface area contributed by atoms with Gasteiger partial charge in [0.15, 0.2) is 0 Å². The van der Waals surface area contributed by atoms with Crippen LogP contribution in [0, 0.1) is 0 Å². The van der Waals surface area contributed by atoms with E-state index in [2.05, 4.69) is 4.98 Å². The summed E-state index contributed by atoms with van der Waals surface area (Å²) >= 11 is 0. The number of rotatable bonds is 4. The van der Waals surface area contributed by atoms with Crippen molar-refractivity contribution in [2.45, 2.75) is 13.1 Å². The summed E-state index contributed by atoms with van der Waals surface area (Å²) in [6.07, 6.45) is -2.86. The first kappa shape index (κ1) is 16.8. The largest absolute Gasteiger partial charge is 0.406 e. The summed E-state index contributed by atoms with van der Waals surface area (Å²) in [7, 11) is 0. The molecule has 4 nitrogen and oxygen atoms in total. The Balaban J connectivity index is 2.20. The summed E-state index contributed by atoms with van der Waals surface area (Å²) in [6, 6.07) is 9.58. The van der Waals surface area contributed by atoms with E-state index < -0.39 is 18.6 Å². The van der Waals surface area contributed by atoms with Gasteiger partial charge >= 0.3 is 6.18 Å². The number of halogens is 3. The van der Waals surface area contributed by atoms with Crippen LogP contribution in [0.1, 0.15) is 17.3 Å². The highest BCUT2D eigenvalue weighted by Crippen LogP contribution is 2.21. The molecule has 2 N–H and O–H groups in total. The van der Waals surface area contributed by atoms with Crippen LogP contribution in [0.4, 0.5) is 18.9 Å². The lowest BCUT2D eigenvalue weighted by Gasteiger charge is -2.22. The number of alkyl halides is 3. The zero-order valence-corrected chi connectivity index (χ0v) is 12.5. The van der Waals surface area contributed by atoms with E-state index in [0.717, 1.165) is 10.5 Å². The van der Waals surface area contributed by atoms with Crippen LogP contribution in [0.3, 0.4) is 0 Å². The number of pyridine rings is 1. The van der Waals surface area contributed by atoms with Crippen LogP contribution >= 0.6 is 0 Å². The highest BCUT2D eigenvalue weighted by Gasteiger charge is 2.32. The molecular weight excluding hydrogens is 307 g/mol. The summed E-state index contributed by atoms with van der Waals surface area (Å²) < 4.78 is 37.4. The maximum Gasteiger partial charge on any atom is 0.406 e. The molecule has 1 heterocycles. The third-order valence-electron chi connectivity index (χ3n) is 3.25. The normalized spacial score (nSPS) is 11.3. The summed E-state index contributed by atoms with van der Waals surface area (Å²) in [5, 5.41) is 0. The number of hydrogen-bond donors (Lipinski definition) is 1. The van der Waals surface area contributed by atoms with Crippen LogP contribution in [-0.2, 0) is 0 Å². The molecule has 23 heavy (non-hydrogen) atoms. The average molecular weight is 323 g/mol. The van der Waals surface area contributed by atoms with Gasteiger partial charge in [0.1, 0.15) is 6.54 Å². The van der Waals surface area contributed by atoms with Gasteiger partial charge in [-0.3, -0.25) is 9.78 Å². The van der Waals surface area contributed by atoms with E-state index in [1.807, 2.05) is 0 Å². The predicted octanol–water partition coefficient (Wildman–Crippen LogP) is 3.36. The van der Waals surface area contributed by atoms with Gasteiger partial charge in [-0.2, -0.15) is 13.2 Å². The number of aromatic nitrogens is 1. The van der Waals surface area contributed by atoms with Crippen LogP contribution in [0.5, 0.6) is 0 Å². The zero-order chi connectivity index (χ0) is 17.0. The molecule has 0 spiro atoms. The van der Waals surface area contributed by atoms with Gasteiger partial charge in [-0.25, -0.2) is 0 Å². The molecule has 1 aromatic carbocycles. The average Bonchev–Trinajstić information content (AvgIpc) is 2.51. The van der Waals surface area contributed by atoms with Crippen molar-refractivity contribution < 1.29 is 18.0 Å². The van der Waals surface area contributed by atoms with Crippen molar-refractivity contribution in [2.75, 3.05) is 18.8 Å². The number of hydrogen-bond acceptors (Lipinski definition) is 3. The van der Waals surface area contributed by atoms with Crippen LogP contribution < -0.4 is 5.73 Å². The van der Waals surface area contributed by atoms with Crippen LogP contribution in [0.25, 0.3) is 11.3 Å². The second kappa shape index (κ2) is 6.68. The Bertz CT molecular complexity index is 684. The molecule has 0 unspecified atom stereocenters. The fourth-order valence-electron chi connectivity index (χ4n) is 2.11. The molecule has 7 heteroatoms. The summed E-state index contributed by atoms with van der Waals surface area (Å²) in [5.74, 6) is -0.656. The van der Waals surface area contributed by atoms with Gasteiger partial charge in [0.05, 0.1) is 5.69 Å². The summed E-state index contributed by atoms with van der Waals surface area (Å²) in [4.78, 5) is 17.1. The second-order valence-electron chi connectivity index (χ2n) is 4.99. The third kappa shape index (κ3) is 4.45. The first-order valence-corrected chi connectivity index (χ1v) is 6.98. The topological polar surface area (TPSA) is 59.2 Å². The van der Waals surface area contributed by atoms with Crippen molar-refractivity contribution in [1.82, 2.24) is 9.88 Å². The Kier molecular flexibility index (Phi) is 4.88. The number of amides is 1. The molecule has 0 saturated heterocycles. The molecule has 2 aromatic rings.